The highest BCUT2D eigenvalue weighted by molar-refractivity contribution is 6.10. The summed E-state index contributed by atoms with van der Waals surface area (Å²) in [5.41, 5.74) is -1.16. The molecule has 1 aromatic heterocycles. The molecule has 0 N–H and O–H groups in total. The molecule has 0 aliphatic carbocycles. The molecular formula is C12H16N2O4. The second-order valence-corrected chi connectivity index (χ2v) is 4.12. The maximum absolute atomic E-state index is 12.2. The number of carbonyl (C=O) groups is 2. The first-order valence-electron chi connectivity index (χ1n) is 5.51. The van der Waals surface area contributed by atoms with Gasteiger partial charge >= 0.3 is 5.97 Å². The van der Waals surface area contributed by atoms with Gasteiger partial charge < -0.3 is 9.47 Å². The van der Waals surface area contributed by atoms with Crippen molar-refractivity contribution in [3.63, 3.8) is 0 Å². The Morgan fingerprint density at radius 1 is 1.33 bits per heavy atom. The highest BCUT2D eigenvalue weighted by Gasteiger charge is 2.39. The van der Waals surface area contributed by atoms with Crippen molar-refractivity contribution in [2.45, 2.75) is 20.8 Å². The van der Waals surface area contributed by atoms with Crippen molar-refractivity contribution in [2.75, 3.05) is 13.7 Å². The maximum atomic E-state index is 12.2. The van der Waals surface area contributed by atoms with E-state index in [9.17, 15) is 9.59 Å². The minimum Gasteiger partial charge on any atom is -0.481 e. The zero-order chi connectivity index (χ0) is 13.8. The van der Waals surface area contributed by atoms with E-state index in [-0.39, 0.29) is 18.2 Å². The van der Waals surface area contributed by atoms with Gasteiger partial charge in [-0.15, -0.1) is 0 Å². The molecule has 18 heavy (non-hydrogen) atoms. The molecule has 98 valence electrons. The topological polar surface area (TPSA) is 78.4 Å². The lowest BCUT2D eigenvalue weighted by Crippen LogP contribution is -2.35. The molecule has 1 heterocycles. The monoisotopic (exact) mass is 252 g/mol. The number of rotatable bonds is 5. The average molecular weight is 252 g/mol. The summed E-state index contributed by atoms with van der Waals surface area (Å²) in [5, 5.41) is 0. The van der Waals surface area contributed by atoms with E-state index >= 15 is 0 Å². The third kappa shape index (κ3) is 2.82. The summed E-state index contributed by atoms with van der Waals surface area (Å²) in [7, 11) is 1.44. The Morgan fingerprint density at radius 3 is 2.56 bits per heavy atom. The molecule has 0 atom stereocenters. The van der Waals surface area contributed by atoms with Crippen molar-refractivity contribution < 1.29 is 19.1 Å². The number of hydrogen-bond donors (Lipinski definition) is 0. The van der Waals surface area contributed by atoms with Crippen LogP contribution in [0.25, 0.3) is 0 Å². The largest absolute Gasteiger partial charge is 0.481 e. The summed E-state index contributed by atoms with van der Waals surface area (Å²) >= 11 is 0. The molecule has 0 aromatic carbocycles. The van der Waals surface area contributed by atoms with Gasteiger partial charge in [0.1, 0.15) is 17.4 Å². The fourth-order valence-corrected chi connectivity index (χ4v) is 1.30. The summed E-state index contributed by atoms with van der Waals surface area (Å²) in [6.45, 7) is 4.92. The van der Waals surface area contributed by atoms with Crippen molar-refractivity contribution in [3.05, 3.63) is 18.1 Å². The van der Waals surface area contributed by atoms with E-state index < -0.39 is 17.2 Å². The SMILES string of the molecule is CCOC(=O)C(C)(C)C(=O)c1cc(OC)ncn1. The van der Waals surface area contributed by atoms with Gasteiger partial charge in [0.2, 0.25) is 5.88 Å². The highest BCUT2D eigenvalue weighted by Crippen LogP contribution is 2.23. The van der Waals surface area contributed by atoms with Crippen molar-refractivity contribution >= 4 is 11.8 Å². The molecule has 0 fully saturated rings. The van der Waals surface area contributed by atoms with Crippen LogP contribution in [0.2, 0.25) is 0 Å². The number of ether oxygens (including phenoxy) is 2. The molecule has 6 heteroatoms. The number of methoxy groups -OCH3 is 1. The second-order valence-electron chi connectivity index (χ2n) is 4.12. The third-order valence-electron chi connectivity index (χ3n) is 2.44. The van der Waals surface area contributed by atoms with Crippen LogP contribution >= 0.6 is 0 Å². The minimum atomic E-state index is -1.28. The molecule has 0 spiro atoms. The normalized spacial score (nSPS) is 10.9. The molecule has 0 radical (unpaired) electrons. The average Bonchev–Trinajstić information content (AvgIpc) is 2.38. The molecule has 0 bridgehead atoms. The molecular weight excluding hydrogens is 236 g/mol. The molecule has 6 nitrogen and oxygen atoms in total. The van der Waals surface area contributed by atoms with E-state index in [4.69, 9.17) is 9.47 Å². The summed E-state index contributed by atoms with van der Waals surface area (Å²) in [4.78, 5) is 31.6. The number of hydrogen-bond acceptors (Lipinski definition) is 6. The quantitative estimate of drug-likeness (QED) is 0.446. The van der Waals surface area contributed by atoms with Gasteiger partial charge in [0, 0.05) is 6.07 Å². The van der Waals surface area contributed by atoms with Gasteiger partial charge in [-0.2, -0.15) is 0 Å². The lowest BCUT2D eigenvalue weighted by molar-refractivity contribution is -0.150. The smallest absolute Gasteiger partial charge is 0.319 e. The lowest BCUT2D eigenvalue weighted by Gasteiger charge is -2.20. The van der Waals surface area contributed by atoms with Gasteiger partial charge in [-0.1, -0.05) is 0 Å². The molecule has 0 saturated carbocycles. The fourth-order valence-electron chi connectivity index (χ4n) is 1.30. The Kier molecular flexibility index (Phi) is 4.36. The Hall–Kier alpha value is -1.98. The predicted octanol–water partition coefficient (Wildman–Crippen LogP) is 1.26. The molecule has 0 aliphatic rings. The van der Waals surface area contributed by atoms with E-state index in [0.717, 1.165) is 0 Å². The van der Waals surface area contributed by atoms with E-state index in [2.05, 4.69) is 9.97 Å². The number of ketones is 1. The van der Waals surface area contributed by atoms with Crippen molar-refractivity contribution in [1.29, 1.82) is 0 Å². The summed E-state index contributed by atoms with van der Waals surface area (Å²) in [5.74, 6) is -0.734. The van der Waals surface area contributed by atoms with Crippen molar-refractivity contribution in [3.8, 4) is 5.88 Å². The third-order valence-corrected chi connectivity index (χ3v) is 2.44. The van der Waals surface area contributed by atoms with Crippen LogP contribution < -0.4 is 4.74 Å². The van der Waals surface area contributed by atoms with Crippen LogP contribution in [0.5, 0.6) is 5.88 Å². The lowest BCUT2D eigenvalue weighted by atomic mass is 9.86. The first kappa shape index (κ1) is 14.1. The van der Waals surface area contributed by atoms with Gasteiger partial charge in [-0.3, -0.25) is 9.59 Å². The van der Waals surface area contributed by atoms with Crippen LogP contribution in [0.4, 0.5) is 0 Å². The van der Waals surface area contributed by atoms with Gasteiger partial charge in [0.15, 0.2) is 5.78 Å². The fraction of sp³-hybridized carbons (Fsp3) is 0.500. The van der Waals surface area contributed by atoms with E-state index in [1.54, 1.807) is 6.92 Å². The Bertz CT molecular complexity index is 457. The predicted molar refractivity (Wildman–Crippen MR) is 63.3 cm³/mol. The Labute approximate surface area is 105 Å². The van der Waals surface area contributed by atoms with E-state index in [0.29, 0.717) is 0 Å². The van der Waals surface area contributed by atoms with Crippen molar-refractivity contribution in [2.24, 2.45) is 5.41 Å². The maximum Gasteiger partial charge on any atom is 0.319 e. The van der Waals surface area contributed by atoms with Crippen LogP contribution in [-0.2, 0) is 9.53 Å². The van der Waals surface area contributed by atoms with Crippen LogP contribution in [0.15, 0.2) is 12.4 Å². The van der Waals surface area contributed by atoms with E-state index in [1.807, 2.05) is 0 Å². The zero-order valence-electron chi connectivity index (χ0n) is 10.9. The van der Waals surface area contributed by atoms with Gasteiger partial charge in [-0.25, -0.2) is 9.97 Å². The van der Waals surface area contributed by atoms with Crippen LogP contribution in [0, 0.1) is 5.41 Å². The highest BCUT2D eigenvalue weighted by atomic mass is 16.5. The first-order valence-corrected chi connectivity index (χ1v) is 5.51. The van der Waals surface area contributed by atoms with Crippen molar-refractivity contribution in [1.82, 2.24) is 9.97 Å². The molecule has 0 unspecified atom stereocenters. The van der Waals surface area contributed by atoms with Crippen LogP contribution in [0.1, 0.15) is 31.3 Å². The minimum absolute atomic E-state index is 0.125. The number of aromatic nitrogens is 2. The molecule has 1 rings (SSSR count). The number of esters is 1. The van der Waals surface area contributed by atoms with Crippen LogP contribution in [0.3, 0.4) is 0 Å². The van der Waals surface area contributed by atoms with Gasteiger partial charge in [0.05, 0.1) is 13.7 Å². The zero-order valence-corrected chi connectivity index (χ0v) is 10.9. The summed E-state index contributed by atoms with van der Waals surface area (Å²) < 4.78 is 9.78. The van der Waals surface area contributed by atoms with Gasteiger partial charge in [-0.05, 0) is 20.8 Å². The molecule has 0 aliphatic heterocycles. The summed E-state index contributed by atoms with van der Waals surface area (Å²) in [6, 6.07) is 1.39. The molecule has 1 aromatic rings. The molecule has 0 saturated heterocycles. The Morgan fingerprint density at radius 2 is 2.00 bits per heavy atom. The summed E-state index contributed by atoms with van der Waals surface area (Å²) in [6.07, 6.45) is 1.22. The van der Waals surface area contributed by atoms with Crippen LogP contribution in [-0.4, -0.2) is 35.4 Å². The molecule has 0 amide bonds. The second kappa shape index (κ2) is 5.57. The number of nitrogens with zero attached hydrogens (tertiary/aromatic N) is 2. The van der Waals surface area contributed by atoms with Gasteiger partial charge in [0.25, 0.3) is 0 Å². The van der Waals surface area contributed by atoms with E-state index in [1.165, 1.54) is 33.4 Å². The Balaban J connectivity index is 3.01. The first-order chi connectivity index (χ1) is 8.43. The number of carbonyl (C=O) groups excluding carboxylic acids is 2. The standard InChI is InChI=1S/C12H16N2O4/c1-5-18-11(16)12(2,3)10(15)8-6-9(17-4)14-7-13-8/h6-7H,5H2,1-4H3. The number of Topliss-reactive ketones (excluding diaryl/α,β-unsaturated/α-hetero) is 1.